The van der Waals surface area contributed by atoms with E-state index in [2.05, 4.69) is 20.7 Å². The molecule has 7 heteroatoms. The van der Waals surface area contributed by atoms with Crippen LogP contribution in [0, 0.1) is 5.41 Å². The number of nitrogens with two attached hydrogens (primary N) is 1. The molecule has 1 heterocycles. The molecule has 0 aliphatic heterocycles. The number of carbonyl (C=O) groups is 1. The Balaban J connectivity index is 2.03. The van der Waals surface area contributed by atoms with Gasteiger partial charge in [-0.2, -0.15) is 4.80 Å². The van der Waals surface area contributed by atoms with Crippen molar-refractivity contribution in [2.75, 3.05) is 11.9 Å². The lowest BCUT2D eigenvalue weighted by atomic mass is 9.68. The second-order valence-electron chi connectivity index (χ2n) is 3.89. The normalized spacial score (nSPS) is 18.3. The number of aromatic nitrogens is 4. The van der Waals surface area contributed by atoms with Crippen LogP contribution in [-0.4, -0.2) is 32.7 Å². The van der Waals surface area contributed by atoms with Crippen molar-refractivity contribution in [3.8, 4) is 0 Å². The highest BCUT2D eigenvalue weighted by Crippen LogP contribution is 2.40. The van der Waals surface area contributed by atoms with Crippen molar-refractivity contribution in [1.29, 1.82) is 0 Å². The Morgan fingerprint density at radius 3 is 2.80 bits per heavy atom. The van der Waals surface area contributed by atoms with Crippen LogP contribution < -0.4 is 11.1 Å². The van der Waals surface area contributed by atoms with Gasteiger partial charge in [0.2, 0.25) is 5.91 Å². The highest BCUT2D eigenvalue weighted by Gasteiger charge is 2.43. The topological polar surface area (TPSA) is 98.7 Å². The van der Waals surface area contributed by atoms with Crippen LogP contribution in [0.15, 0.2) is 0 Å². The molecular formula is C8H14N6O. The van der Waals surface area contributed by atoms with E-state index < -0.39 is 5.41 Å². The van der Waals surface area contributed by atoms with Gasteiger partial charge in [0, 0.05) is 6.54 Å². The summed E-state index contributed by atoms with van der Waals surface area (Å²) in [6, 6.07) is 0. The molecule has 3 N–H and O–H groups in total. The highest BCUT2D eigenvalue weighted by molar-refractivity contribution is 5.94. The van der Waals surface area contributed by atoms with Crippen molar-refractivity contribution in [2.45, 2.75) is 19.3 Å². The molecular weight excluding hydrogens is 196 g/mol. The lowest BCUT2D eigenvalue weighted by Crippen LogP contribution is -2.47. The number of hydrogen-bond acceptors (Lipinski definition) is 5. The van der Waals surface area contributed by atoms with Gasteiger partial charge in [-0.05, 0) is 18.1 Å². The van der Waals surface area contributed by atoms with Crippen molar-refractivity contribution < 1.29 is 4.79 Å². The number of tetrazole rings is 1. The van der Waals surface area contributed by atoms with Gasteiger partial charge in [-0.15, -0.1) is 5.10 Å². The van der Waals surface area contributed by atoms with Gasteiger partial charge in [0.1, 0.15) is 0 Å². The number of anilines is 1. The summed E-state index contributed by atoms with van der Waals surface area (Å²) in [7, 11) is 1.64. The van der Waals surface area contributed by atoms with Crippen molar-refractivity contribution in [1.82, 2.24) is 20.2 Å². The van der Waals surface area contributed by atoms with Gasteiger partial charge in [-0.25, -0.2) is 0 Å². The van der Waals surface area contributed by atoms with E-state index in [9.17, 15) is 4.79 Å². The molecule has 0 bridgehead atoms. The first-order valence-corrected chi connectivity index (χ1v) is 4.92. The summed E-state index contributed by atoms with van der Waals surface area (Å²) < 4.78 is 0. The summed E-state index contributed by atoms with van der Waals surface area (Å²) in [5.74, 6) is 0.145. The molecule has 0 radical (unpaired) electrons. The molecule has 7 nitrogen and oxygen atoms in total. The van der Waals surface area contributed by atoms with E-state index in [1.165, 1.54) is 4.80 Å². The molecule has 1 amide bonds. The number of nitrogens with one attached hydrogen (secondary N) is 1. The fourth-order valence-electron chi connectivity index (χ4n) is 1.70. The van der Waals surface area contributed by atoms with Crippen LogP contribution in [0.4, 0.5) is 5.95 Å². The summed E-state index contributed by atoms with van der Waals surface area (Å²) >= 11 is 0. The van der Waals surface area contributed by atoms with E-state index in [4.69, 9.17) is 5.73 Å². The summed E-state index contributed by atoms with van der Waals surface area (Å²) in [6.07, 6.45) is 2.74. The lowest BCUT2D eigenvalue weighted by Gasteiger charge is -2.38. The Morgan fingerprint density at radius 2 is 2.40 bits per heavy atom. The minimum absolute atomic E-state index is 0.0933. The smallest absolute Gasteiger partial charge is 0.270 e. The zero-order valence-electron chi connectivity index (χ0n) is 8.60. The lowest BCUT2D eigenvalue weighted by molar-refractivity contribution is -0.129. The average Bonchev–Trinajstić information content (AvgIpc) is 2.50. The minimum atomic E-state index is -0.404. The van der Waals surface area contributed by atoms with Gasteiger partial charge < -0.3 is 5.73 Å². The molecule has 0 aromatic carbocycles. The van der Waals surface area contributed by atoms with Crippen LogP contribution in [0.2, 0.25) is 0 Å². The Hall–Kier alpha value is -1.50. The second-order valence-corrected chi connectivity index (χ2v) is 3.89. The third kappa shape index (κ3) is 1.70. The van der Waals surface area contributed by atoms with Gasteiger partial charge in [-0.1, -0.05) is 11.5 Å². The first-order valence-electron chi connectivity index (χ1n) is 4.92. The van der Waals surface area contributed by atoms with E-state index in [0.717, 1.165) is 19.3 Å². The molecule has 1 aliphatic rings. The van der Waals surface area contributed by atoms with E-state index in [1.807, 2.05) is 0 Å². The Labute approximate surface area is 87.0 Å². The molecule has 1 aliphatic carbocycles. The standard InChI is InChI=1S/C8H14N6O/c1-14-12-7(11-13-14)10-6(15)8(5-9)3-2-4-8/h2-5,9H2,1H3,(H,10,12,15). The van der Waals surface area contributed by atoms with Crippen molar-refractivity contribution >= 4 is 11.9 Å². The van der Waals surface area contributed by atoms with Crippen LogP contribution in [0.1, 0.15) is 19.3 Å². The van der Waals surface area contributed by atoms with Crippen molar-refractivity contribution in [2.24, 2.45) is 18.2 Å². The molecule has 2 rings (SSSR count). The fraction of sp³-hybridized carbons (Fsp3) is 0.750. The van der Waals surface area contributed by atoms with Gasteiger partial charge >= 0.3 is 0 Å². The Kier molecular flexibility index (Phi) is 2.39. The van der Waals surface area contributed by atoms with E-state index in [-0.39, 0.29) is 11.9 Å². The molecule has 1 aromatic rings. The molecule has 0 atom stereocenters. The van der Waals surface area contributed by atoms with Gasteiger partial charge in [0.15, 0.2) is 0 Å². The quantitative estimate of drug-likeness (QED) is 0.685. The first kappa shape index (κ1) is 10.0. The van der Waals surface area contributed by atoms with E-state index in [1.54, 1.807) is 7.05 Å². The highest BCUT2D eigenvalue weighted by atomic mass is 16.2. The van der Waals surface area contributed by atoms with Crippen molar-refractivity contribution in [3.05, 3.63) is 0 Å². The minimum Gasteiger partial charge on any atom is -0.329 e. The van der Waals surface area contributed by atoms with Gasteiger partial charge in [0.25, 0.3) is 5.95 Å². The predicted molar refractivity (Wildman–Crippen MR) is 52.8 cm³/mol. The van der Waals surface area contributed by atoms with E-state index in [0.29, 0.717) is 6.54 Å². The molecule has 0 saturated heterocycles. The third-order valence-electron chi connectivity index (χ3n) is 2.92. The fourth-order valence-corrected chi connectivity index (χ4v) is 1.70. The Bertz CT molecular complexity index is 363. The molecule has 0 spiro atoms. The SMILES string of the molecule is Cn1nnc(NC(=O)C2(CN)CCC2)n1. The first-order chi connectivity index (χ1) is 7.16. The van der Waals surface area contributed by atoms with Gasteiger partial charge in [0.05, 0.1) is 12.5 Å². The molecule has 15 heavy (non-hydrogen) atoms. The van der Waals surface area contributed by atoms with Crippen LogP contribution in [-0.2, 0) is 11.8 Å². The van der Waals surface area contributed by atoms with E-state index >= 15 is 0 Å². The average molecular weight is 210 g/mol. The number of rotatable bonds is 3. The van der Waals surface area contributed by atoms with Crippen molar-refractivity contribution in [3.63, 3.8) is 0 Å². The van der Waals surface area contributed by atoms with Crippen LogP contribution in [0.3, 0.4) is 0 Å². The largest absolute Gasteiger partial charge is 0.329 e. The number of carbonyl (C=O) groups excluding carboxylic acids is 1. The number of nitrogens with zero attached hydrogens (tertiary/aromatic N) is 4. The summed E-state index contributed by atoms with van der Waals surface area (Å²) in [5.41, 5.74) is 5.20. The zero-order chi connectivity index (χ0) is 10.9. The summed E-state index contributed by atoms with van der Waals surface area (Å²) in [4.78, 5) is 13.1. The monoisotopic (exact) mass is 210 g/mol. The molecule has 1 fully saturated rings. The summed E-state index contributed by atoms with van der Waals surface area (Å²) in [5, 5.41) is 13.8. The maximum atomic E-state index is 11.8. The number of amides is 1. The number of aryl methyl sites for hydroxylation is 1. The second kappa shape index (κ2) is 3.58. The maximum absolute atomic E-state index is 11.8. The number of hydrogen-bond donors (Lipinski definition) is 2. The molecule has 1 saturated carbocycles. The molecule has 0 unspecified atom stereocenters. The van der Waals surface area contributed by atoms with Crippen LogP contribution in [0.5, 0.6) is 0 Å². The van der Waals surface area contributed by atoms with Gasteiger partial charge in [-0.3, -0.25) is 10.1 Å². The Morgan fingerprint density at radius 1 is 1.67 bits per heavy atom. The maximum Gasteiger partial charge on any atom is 0.270 e. The zero-order valence-corrected chi connectivity index (χ0v) is 8.60. The third-order valence-corrected chi connectivity index (χ3v) is 2.92. The predicted octanol–water partition coefficient (Wildman–Crippen LogP) is -0.722. The molecule has 1 aromatic heterocycles. The molecule has 82 valence electrons. The summed E-state index contributed by atoms with van der Waals surface area (Å²) in [6.45, 7) is 0.374. The van der Waals surface area contributed by atoms with Crippen LogP contribution in [0.25, 0.3) is 0 Å². The van der Waals surface area contributed by atoms with Crippen LogP contribution >= 0.6 is 0 Å².